The highest BCUT2D eigenvalue weighted by Crippen LogP contribution is 2.31. The van der Waals surface area contributed by atoms with Crippen molar-refractivity contribution in [2.75, 3.05) is 25.0 Å². The molecule has 4 nitrogen and oxygen atoms in total. The number of aliphatic hydroxyl groups excluding tert-OH is 1. The third-order valence-electron chi connectivity index (χ3n) is 4.43. The summed E-state index contributed by atoms with van der Waals surface area (Å²) >= 11 is 0. The number of halogens is 3. The Kier molecular flexibility index (Phi) is 6.23. The maximum Gasteiger partial charge on any atom is 0.414 e. The summed E-state index contributed by atoms with van der Waals surface area (Å²) < 4.78 is 37.5. The number of likely N-dealkylation sites (tertiary alicyclic amines) is 1. The van der Waals surface area contributed by atoms with Crippen molar-refractivity contribution in [3.63, 3.8) is 0 Å². The van der Waals surface area contributed by atoms with Crippen LogP contribution in [0.5, 0.6) is 0 Å². The molecule has 0 aromatic heterocycles. The van der Waals surface area contributed by atoms with Gasteiger partial charge in [-0.25, -0.2) is 0 Å². The minimum Gasteiger partial charge on any atom is -0.383 e. The van der Waals surface area contributed by atoms with Gasteiger partial charge in [0.25, 0.3) is 0 Å². The van der Waals surface area contributed by atoms with Crippen molar-refractivity contribution >= 4 is 11.6 Å². The average molecular weight is 344 g/mol. The molecule has 1 saturated heterocycles. The predicted octanol–water partition coefficient (Wildman–Crippen LogP) is 2.82. The first-order valence-corrected chi connectivity index (χ1v) is 8.15. The fraction of sp³-hybridized carbons (Fsp3) is 0.588. The molecule has 0 radical (unpaired) electrons. The number of rotatable bonds is 5. The fourth-order valence-corrected chi connectivity index (χ4v) is 2.92. The molecular formula is C17H23F3N2O2. The summed E-state index contributed by atoms with van der Waals surface area (Å²) in [4.78, 5) is 13.8. The lowest BCUT2D eigenvalue weighted by Crippen LogP contribution is -2.45. The molecule has 0 spiro atoms. The number of hydrogen-bond acceptors (Lipinski definition) is 3. The first kappa shape index (κ1) is 18.7. The smallest absolute Gasteiger partial charge is 0.383 e. The quantitative estimate of drug-likeness (QED) is 0.864. The van der Waals surface area contributed by atoms with E-state index in [1.54, 1.807) is 0 Å². The van der Waals surface area contributed by atoms with Gasteiger partial charge < -0.3 is 10.4 Å². The van der Waals surface area contributed by atoms with Crippen LogP contribution in [-0.4, -0.2) is 47.8 Å². The molecule has 0 bridgehead atoms. The number of nitrogens with one attached hydrogen (secondary N) is 1. The lowest BCUT2D eigenvalue weighted by molar-refractivity contribution is -0.223. The number of aryl methyl sites for hydroxylation is 1. The number of alkyl halides is 3. The monoisotopic (exact) mass is 344 g/mol. The highest BCUT2D eigenvalue weighted by Gasteiger charge is 2.44. The highest BCUT2D eigenvalue weighted by atomic mass is 19.4. The minimum absolute atomic E-state index is 0.143. The summed E-state index contributed by atoms with van der Waals surface area (Å²) in [5.74, 6) is -0.972. The van der Waals surface area contributed by atoms with Crippen LogP contribution < -0.4 is 5.32 Å². The number of anilines is 1. The van der Waals surface area contributed by atoms with Crippen molar-refractivity contribution in [3.05, 3.63) is 29.8 Å². The van der Waals surface area contributed by atoms with E-state index in [2.05, 4.69) is 5.32 Å². The molecule has 1 aromatic rings. The van der Waals surface area contributed by atoms with Crippen molar-refractivity contribution in [2.24, 2.45) is 5.92 Å². The van der Waals surface area contributed by atoms with E-state index in [4.69, 9.17) is 0 Å². The SMILES string of the molecule is CCc1ccc(NC(=O)CN2CCC(C(O)C(F)(F)F)CC2)cc1. The number of carbonyl (C=O) groups excluding carboxylic acids is 1. The third kappa shape index (κ3) is 5.21. The first-order chi connectivity index (χ1) is 11.3. The molecule has 1 unspecified atom stereocenters. The minimum atomic E-state index is -4.57. The molecule has 0 saturated carbocycles. The Morgan fingerprint density at radius 2 is 1.88 bits per heavy atom. The summed E-state index contributed by atoms with van der Waals surface area (Å²) in [5, 5.41) is 12.1. The number of hydrogen-bond donors (Lipinski definition) is 2. The molecule has 24 heavy (non-hydrogen) atoms. The number of carbonyl (C=O) groups is 1. The highest BCUT2D eigenvalue weighted by molar-refractivity contribution is 5.92. The Morgan fingerprint density at radius 1 is 1.29 bits per heavy atom. The van der Waals surface area contributed by atoms with Crippen LogP contribution in [0.25, 0.3) is 0 Å². The van der Waals surface area contributed by atoms with Crippen molar-refractivity contribution in [1.82, 2.24) is 4.90 Å². The van der Waals surface area contributed by atoms with Crippen molar-refractivity contribution in [1.29, 1.82) is 0 Å². The van der Waals surface area contributed by atoms with Gasteiger partial charge in [0.15, 0.2) is 6.10 Å². The molecule has 7 heteroatoms. The lowest BCUT2D eigenvalue weighted by atomic mass is 9.91. The van der Waals surface area contributed by atoms with Gasteiger partial charge in [0.05, 0.1) is 6.54 Å². The van der Waals surface area contributed by atoms with Crippen molar-refractivity contribution in [2.45, 2.75) is 38.5 Å². The standard InChI is InChI=1S/C17H23F3N2O2/c1-2-12-3-5-14(6-4-12)21-15(23)11-22-9-7-13(8-10-22)16(24)17(18,19)20/h3-6,13,16,24H,2,7-11H2,1H3,(H,21,23). The molecule has 0 aliphatic carbocycles. The topological polar surface area (TPSA) is 52.6 Å². The van der Waals surface area contributed by atoms with E-state index in [0.717, 1.165) is 6.42 Å². The average Bonchev–Trinajstić information content (AvgIpc) is 2.54. The summed E-state index contributed by atoms with van der Waals surface area (Å²) in [6, 6.07) is 7.56. The number of amides is 1. The van der Waals surface area contributed by atoms with E-state index in [9.17, 15) is 23.1 Å². The Morgan fingerprint density at radius 3 is 2.38 bits per heavy atom. The Bertz CT molecular complexity index is 538. The van der Waals surface area contributed by atoms with Gasteiger partial charge in [0.2, 0.25) is 5.91 Å². The molecule has 1 heterocycles. The molecule has 1 aromatic carbocycles. The third-order valence-corrected chi connectivity index (χ3v) is 4.43. The lowest BCUT2D eigenvalue weighted by Gasteiger charge is -2.34. The van der Waals surface area contributed by atoms with Crippen LogP contribution in [0, 0.1) is 5.92 Å². The Hall–Kier alpha value is -1.60. The van der Waals surface area contributed by atoms with Crippen LogP contribution in [0.15, 0.2) is 24.3 Å². The van der Waals surface area contributed by atoms with Crippen LogP contribution >= 0.6 is 0 Å². The van der Waals surface area contributed by atoms with Crippen molar-refractivity contribution in [3.8, 4) is 0 Å². The Labute approximate surface area is 139 Å². The zero-order chi connectivity index (χ0) is 17.7. The van der Waals surface area contributed by atoms with E-state index in [0.29, 0.717) is 18.8 Å². The maximum atomic E-state index is 12.5. The number of benzene rings is 1. The molecule has 1 aliphatic heterocycles. The zero-order valence-electron chi connectivity index (χ0n) is 13.6. The fourth-order valence-electron chi connectivity index (χ4n) is 2.92. The van der Waals surface area contributed by atoms with Gasteiger partial charge in [0.1, 0.15) is 0 Å². The van der Waals surface area contributed by atoms with Gasteiger partial charge >= 0.3 is 6.18 Å². The second-order valence-corrected chi connectivity index (χ2v) is 6.20. The molecule has 2 N–H and O–H groups in total. The van der Waals surface area contributed by atoms with Gasteiger partial charge in [-0.3, -0.25) is 9.69 Å². The van der Waals surface area contributed by atoms with Crippen LogP contribution in [0.2, 0.25) is 0 Å². The van der Waals surface area contributed by atoms with Crippen molar-refractivity contribution < 1.29 is 23.1 Å². The van der Waals surface area contributed by atoms with Gasteiger partial charge in [-0.2, -0.15) is 13.2 Å². The molecular weight excluding hydrogens is 321 g/mol. The predicted molar refractivity (Wildman–Crippen MR) is 85.7 cm³/mol. The van der Waals surface area contributed by atoms with Crippen LogP contribution in [0.4, 0.5) is 18.9 Å². The summed E-state index contributed by atoms with van der Waals surface area (Å²) in [6.07, 6.45) is -5.45. The van der Waals surface area contributed by atoms with Crippen LogP contribution in [0.3, 0.4) is 0 Å². The number of piperidine rings is 1. The normalized spacial score (nSPS) is 18.4. The number of aliphatic hydroxyl groups is 1. The number of nitrogens with zero attached hydrogens (tertiary/aromatic N) is 1. The molecule has 1 aliphatic rings. The molecule has 1 fully saturated rings. The summed E-state index contributed by atoms with van der Waals surface area (Å²) in [7, 11) is 0. The van der Waals surface area contributed by atoms with E-state index in [1.165, 1.54) is 5.56 Å². The molecule has 1 atom stereocenters. The van der Waals surface area contributed by atoms with Crippen LogP contribution in [0.1, 0.15) is 25.3 Å². The zero-order valence-corrected chi connectivity index (χ0v) is 13.6. The van der Waals surface area contributed by atoms with Gasteiger partial charge in [-0.1, -0.05) is 19.1 Å². The van der Waals surface area contributed by atoms with Gasteiger partial charge in [-0.15, -0.1) is 0 Å². The molecule has 2 rings (SSSR count). The van der Waals surface area contributed by atoms with E-state index in [1.807, 2.05) is 36.1 Å². The Balaban J connectivity index is 1.77. The van der Waals surface area contributed by atoms with E-state index in [-0.39, 0.29) is 25.3 Å². The summed E-state index contributed by atoms with van der Waals surface area (Å²) in [6.45, 7) is 2.94. The van der Waals surface area contributed by atoms with E-state index >= 15 is 0 Å². The summed E-state index contributed by atoms with van der Waals surface area (Å²) in [5.41, 5.74) is 1.89. The van der Waals surface area contributed by atoms with Gasteiger partial charge in [0, 0.05) is 5.69 Å². The largest absolute Gasteiger partial charge is 0.414 e. The maximum absolute atomic E-state index is 12.5. The van der Waals surface area contributed by atoms with E-state index < -0.39 is 18.2 Å². The molecule has 1 amide bonds. The molecule has 134 valence electrons. The van der Waals surface area contributed by atoms with Crippen LogP contribution in [-0.2, 0) is 11.2 Å². The second kappa shape index (κ2) is 7.98. The first-order valence-electron chi connectivity index (χ1n) is 8.15. The second-order valence-electron chi connectivity index (χ2n) is 6.20. The van der Waals surface area contributed by atoms with Gasteiger partial charge in [-0.05, 0) is 56.0 Å².